The second-order valence-corrected chi connectivity index (χ2v) is 5.76. The van der Waals surface area contributed by atoms with Gasteiger partial charge in [0, 0.05) is 18.7 Å². The molecule has 0 aliphatic heterocycles. The van der Waals surface area contributed by atoms with Gasteiger partial charge in [0.2, 0.25) is 5.95 Å². The Hall–Kier alpha value is -2.31. The summed E-state index contributed by atoms with van der Waals surface area (Å²) >= 11 is 0. The molecule has 0 unspecified atom stereocenters. The molecule has 2 rings (SSSR count). The van der Waals surface area contributed by atoms with Gasteiger partial charge in [0.25, 0.3) is 0 Å². The summed E-state index contributed by atoms with van der Waals surface area (Å²) in [6.07, 6.45) is -3.76. The fourth-order valence-electron chi connectivity index (χ4n) is 2.08. The molecule has 0 amide bonds. The minimum atomic E-state index is -4.52. The summed E-state index contributed by atoms with van der Waals surface area (Å²) in [5, 5.41) is 5.83. The number of hydrogen-bond acceptors (Lipinski definition) is 4. The predicted molar refractivity (Wildman–Crippen MR) is 88.9 cm³/mol. The molecule has 2 aromatic rings. The second-order valence-electron chi connectivity index (χ2n) is 5.76. The van der Waals surface area contributed by atoms with Crippen molar-refractivity contribution in [3.05, 3.63) is 47.2 Å². The van der Waals surface area contributed by atoms with Crippen LogP contribution in [0.5, 0.6) is 0 Å². The Balaban J connectivity index is 2.22. The van der Waals surface area contributed by atoms with Crippen molar-refractivity contribution in [1.82, 2.24) is 9.97 Å². The van der Waals surface area contributed by atoms with Crippen molar-refractivity contribution in [2.24, 2.45) is 0 Å². The van der Waals surface area contributed by atoms with Crippen molar-refractivity contribution in [2.45, 2.75) is 46.0 Å². The number of hydrogen-bond donors (Lipinski definition) is 2. The van der Waals surface area contributed by atoms with Crippen molar-refractivity contribution >= 4 is 11.8 Å². The van der Waals surface area contributed by atoms with E-state index in [1.807, 2.05) is 45.0 Å². The topological polar surface area (TPSA) is 49.8 Å². The van der Waals surface area contributed by atoms with Gasteiger partial charge in [0.1, 0.15) is 5.82 Å². The van der Waals surface area contributed by atoms with Crippen molar-refractivity contribution in [3.8, 4) is 0 Å². The molecule has 130 valence electrons. The predicted octanol–water partition coefficient (Wildman–Crippen LogP) is 4.63. The first-order chi connectivity index (χ1) is 11.3. The first-order valence-electron chi connectivity index (χ1n) is 7.80. The van der Waals surface area contributed by atoms with E-state index in [0.29, 0.717) is 6.54 Å². The maximum atomic E-state index is 13.0. The molecule has 1 aromatic heterocycles. The minimum absolute atomic E-state index is 0.0156. The van der Waals surface area contributed by atoms with Crippen LogP contribution in [0.25, 0.3) is 0 Å². The molecule has 0 saturated heterocycles. The van der Waals surface area contributed by atoms with Crippen LogP contribution in [0, 0.1) is 6.92 Å². The van der Waals surface area contributed by atoms with E-state index in [1.54, 1.807) is 0 Å². The Morgan fingerprint density at radius 2 is 1.92 bits per heavy atom. The molecular weight excluding hydrogens is 317 g/mol. The SMILES string of the molecule is CC[C@@H](C)Nc1nc(NCc2cccc(C)c2)cc(C(F)(F)F)n1. The summed E-state index contributed by atoms with van der Waals surface area (Å²) in [6.45, 7) is 6.15. The fraction of sp³-hybridized carbons (Fsp3) is 0.412. The van der Waals surface area contributed by atoms with E-state index in [2.05, 4.69) is 20.6 Å². The van der Waals surface area contributed by atoms with Crippen molar-refractivity contribution < 1.29 is 13.2 Å². The molecule has 0 bridgehead atoms. The number of anilines is 2. The number of aryl methyl sites for hydroxylation is 1. The molecule has 0 aliphatic rings. The van der Waals surface area contributed by atoms with Crippen LogP contribution >= 0.6 is 0 Å². The molecule has 1 heterocycles. The molecule has 24 heavy (non-hydrogen) atoms. The molecule has 4 nitrogen and oxygen atoms in total. The van der Waals surface area contributed by atoms with Crippen molar-refractivity contribution in [1.29, 1.82) is 0 Å². The maximum absolute atomic E-state index is 13.0. The lowest BCUT2D eigenvalue weighted by molar-refractivity contribution is -0.141. The van der Waals surface area contributed by atoms with E-state index in [-0.39, 0.29) is 17.8 Å². The zero-order chi connectivity index (χ0) is 17.7. The Kier molecular flexibility index (Phi) is 5.64. The van der Waals surface area contributed by atoms with Gasteiger partial charge in [0.15, 0.2) is 5.69 Å². The molecule has 0 fully saturated rings. The van der Waals surface area contributed by atoms with Crippen LogP contribution in [0.4, 0.5) is 24.9 Å². The maximum Gasteiger partial charge on any atom is 0.433 e. The number of benzene rings is 1. The van der Waals surface area contributed by atoms with Crippen LogP contribution in [0.15, 0.2) is 30.3 Å². The number of nitrogens with zero attached hydrogens (tertiary/aromatic N) is 2. The highest BCUT2D eigenvalue weighted by molar-refractivity contribution is 5.44. The van der Waals surface area contributed by atoms with Crippen LogP contribution in [0.3, 0.4) is 0 Å². The smallest absolute Gasteiger partial charge is 0.366 e. The van der Waals surface area contributed by atoms with Crippen LogP contribution < -0.4 is 10.6 Å². The summed E-state index contributed by atoms with van der Waals surface area (Å²) in [6, 6.07) is 8.66. The number of aromatic nitrogens is 2. The largest absolute Gasteiger partial charge is 0.433 e. The summed E-state index contributed by atoms with van der Waals surface area (Å²) in [5.74, 6) is 0.121. The van der Waals surface area contributed by atoms with Crippen LogP contribution in [-0.2, 0) is 12.7 Å². The lowest BCUT2D eigenvalue weighted by atomic mass is 10.1. The van der Waals surface area contributed by atoms with Gasteiger partial charge < -0.3 is 10.6 Å². The van der Waals surface area contributed by atoms with Gasteiger partial charge in [0.05, 0.1) is 0 Å². The number of halogens is 3. The zero-order valence-corrected chi connectivity index (χ0v) is 13.9. The summed E-state index contributed by atoms with van der Waals surface area (Å²) in [4.78, 5) is 7.71. The average molecular weight is 338 g/mol. The lowest BCUT2D eigenvalue weighted by Crippen LogP contribution is -2.19. The Labute approximate surface area is 139 Å². The molecule has 0 spiro atoms. The summed E-state index contributed by atoms with van der Waals surface area (Å²) < 4.78 is 39.1. The standard InChI is InChI=1S/C17H21F3N4/c1-4-12(3)22-16-23-14(17(18,19)20)9-15(24-16)21-10-13-7-5-6-11(2)8-13/h5-9,12H,4,10H2,1-3H3,(H2,21,22,23,24)/t12-/m1/s1. The molecule has 1 aromatic carbocycles. The van der Waals surface area contributed by atoms with Crippen LogP contribution in [0.2, 0.25) is 0 Å². The normalized spacial score (nSPS) is 12.8. The highest BCUT2D eigenvalue weighted by Crippen LogP contribution is 2.30. The fourth-order valence-corrected chi connectivity index (χ4v) is 2.08. The van der Waals surface area contributed by atoms with Crippen LogP contribution in [-0.4, -0.2) is 16.0 Å². The van der Waals surface area contributed by atoms with Gasteiger partial charge in [-0.1, -0.05) is 36.8 Å². The molecule has 7 heteroatoms. The zero-order valence-electron chi connectivity index (χ0n) is 13.9. The highest BCUT2D eigenvalue weighted by Gasteiger charge is 2.33. The monoisotopic (exact) mass is 338 g/mol. The van der Waals surface area contributed by atoms with E-state index in [9.17, 15) is 13.2 Å². The number of alkyl halides is 3. The van der Waals surface area contributed by atoms with E-state index >= 15 is 0 Å². The second kappa shape index (κ2) is 7.51. The Bertz CT molecular complexity index is 686. The first-order valence-corrected chi connectivity index (χ1v) is 7.80. The van der Waals surface area contributed by atoms with Crippen molar-refractivity contribution in [2.75, 3.05) is 10.6 Å². The van der Waals surface area contributed by atoms with Gasteiger partial charge in [-0.3, -0.25) is 0 Å². The first kappa shape index (κ1) is 18.0. The quantitative estimate of drug-likeness (QED) is 0.806. The van der Waals surface area contributed by atoms with Crippen LogP contribution in [0.1, 0.15) is 37.1 Å². The third-order valence-electron chi connectivity index (χ3n) is 3.56. The third-order valence-corrected chi connectivity index (χ3v) is 3.56. The Morgan fingerprint density at radius 1 is 1.17 bits per heavy atom. The van der Waals surface area contributed by atoms with E-state index in [4.69, 9.17) is 0 Å². The molecule has 2 N–H and O–H groups in total. The third kappa shape index (κ3) is 5.11. The van der Waals surface area contributed by atoms with Gasteiger partial charge in [-0.25, -0.2) is 4.98 Å². The highest BCUT2D eigenvalue weighted by atomic mass is 19.4. The van der Waals surface area contributed by atoms with E-state index in [0.717, 1.165) is 23.6 Å². The lowest BCUT2D eigenvalue weighted by Gasteiger charge is -2.15. The van der Waals surface area contributed by atoms with Gasteiger partial charge in [-0.05, 0) is 25.8 Å². The van der Waals surface area contributed by atoms with E-state index < -0.39 is 11.9 Å². The minimum Gasteiger partial charge on any atom is -0.366 e. The molecule has 0 saturated carbocycles. The molecule has 0 radical (unpaired) electrons. The molecular formula is C17H21F3N4. The summed E-state index contributed by atoms with van der Waals surface area (Å²) in [5.41, 5.74) is 1.10. The van der Waals surface area contributed by atoms with Gasteiger partial charge in [-0.15, -0.1) is 0 Å². The number of nitrogens with one attached hydrogen (secondary N) is 2. The summed E-state index contributed by atoms with van der Waals surface area (Å²) in [7, 11) is 0. The van der Waals surface area contributed by atoms with Crippen molar-refractivity contribution in [3.63, 3.8) is 0 Å². The van der Waals surface area contributed by atoms with Gasteiger partial charge in [-0.2, -0.15) is 18.2 Å². The molecule has 0 aliphatic carbocycles. The van der Waals surface area contributed by atoms with E-state index in [1.165, 1.54) is 0 Å². The Morgan fingerprint density at radius 3 is 2.54 bits per heavy atom. The number of rotatable bonds is 6. The average Bonchev–Trinajstić information content (AvgIpc) is 2.52. The molecule has 1 atom stereocenters. The van der Waals surface area contributed by atoms with Gasteiger partial charge >= 0.3 is 6.18 Å².